The number of fused-ring (bicyclic) bond motifs is 1. The number of phenolic OH excluding ortho intramolecular Hbond substituents is 1. The zero-order chi connectivity index (χ0) is 24.7. The second-order valence-corrected chi connectivity index (χ2v) is 9.00. The van der Waals surface area contributed by atoms with E-state index in [0.717, 1.165) is 24.8 Å². The SMILES string of the molecule is CC1=NN(c2ccc3c(c2)CCCC3)C(=O)/C1=N\Nc1cc(C)cc(C2CC=C(C(=O)O)O2)c1O. The average molecular weight is 475 g/mol. The lowest BCUT2D eigenvalue weighted by molar-refractivity contribution is -0.137. The zero-order valence-corrected chi connectivity index (χ0v) is 19.5. The van der Waals surface area contributed by atoms with Crippen LogP contribution < -0.4 is 10.4 Å². The number of phenols is 1. The Hall–Kier alpha value is -4.14. The molecule has 9 heteroatoms. The highest BCUT2D eigenvalue weighted by atomic mass is 16.5. The Morgan fingerprint density at radius 3 is 2.69 bits per heavy atom. The Bertz CT molecular complexity index is 1330. The summed E-state index contributed by atoms with van der Waals surface area (Å²) in [6.07, 6.45) is 5.58. The number of carbonyl (C=O) groups is 2. The lowest BCUT2D eigenvalue weighted by Gasteiger charge is -2.19. The average Bonchev–Trinajstić information content (AvgIpc) is 3.44. The van der Waals surface area contributed by atoms with E-state index in [2.05, 4.69) is 21.7 Å². The van der Waals surface area contributed by atoms with Crippen LogP contribution in [0.3, 0.4) is 0 Å². The standard InChI is InChI=1S/C26H26N4O5/c1-14-11-19(21-9-10-22(35-21)26(33)34)24(31)20(12-14)27-28-23-15(2)29-30(25(23)32)18-8-7-16-5-3-4-6-17(16)13-18/h7-8,10-13,21,27,31H,3-6,9H2,1-2H3,(H,33,34)/b28-23-. The van der Waals surface area contributed by atoms with Gasteiger partial charge in [-0.1, -0.05) is 6.07 Å². The maximum absolute atomic E-state index is 13.1. The molecule has 1 unspecified atom stereocenters. The van der Waals surface area contributed by atoms with Crippen molar-refractivity contribution in [1.29, 1.82) is 0 Å². The van der Waals surface area contributed by atoms with Gasteiger partial charge < -0.3 is 14.9 Å². The normalized spacial score (nSPS) is 20.4. The number of aromatic hydroxyl groups is 1. The summed E-state index contributed by atoms with van der Waals surface area (Å²) in [5, 5.41) is 30.0. The summed E-state index contributed by atoms with van der Waals surface area (Å²) >= 11 is 0. The van der Waals surface area contributed by atoms with Crippen molar-refractivity contribution in [1.82, 2.24) is 0 Å². The van der Waals surface area contributed by atoms with E-state index in [4.69, 9.17) is 9.84 Å². The zero-order valence-electron chi connectivity index (χ0n) is 19.5. The maximum Gasteiger partial charge on any atom is 0.370 e. The number of hydrogen-bond donors (Lipinski definition) is 3. The van der Waals surface area contributed by atoms with Crippen molar-refractivity contribution >= 4 is 34.7 Å². The van der Waals surface area contributed by atoms with E-state index in [1.807, 2.05) is 19.1 Å². The molecule has 2 aromatic carbocycles. The third-order valence-corrected chi connectivity index (χ3v) is 6.48. The minimum absolute atomic E-state index is 0.114. The number of rotatable bonds is 5. The molecule has 1 amide bonds. The molecule has 3 aliphatic rings. The van der Waals surface area contributed by atoms with Gasteiger partial charge in [0.05, 0.1) is 17.1 Å². The highest BCUT2D eigenvalue weighted by molar-refractivity contribution is 6.71. The van der Waals surface area contributed by atoms with Gasteiger partial charge >= 0.3 is 11.9 Å². The van der Waals surface area contributed by atoms with Crippen LogP contribution in [0.5, 0.6) is 5.75 Å². The Morgan fingerprint density at radius 1 is 1.17 bits per heavy atom. The van der Waals surface area contributed by atoms with Gasteiger partial charge in [0.25, 0.3) is 0 Å². The molecule has 0 aromatic heterocycles. The molecule has 1 atom stereocenters. The van der Waals surface area contributed by atoms with Crippen molar-refractivity contribution in [3.05, 3.63) is 64.4 Å². The van der Waals surface area contributed by atoms with Gasteiger partial charge in [0.1, 0.15) is 11.9 Å². The number of carboxylic acids is 1. The lowest BCUT2D eigenvalue weighted by Crippen LogP contribution is -2.28. The van der Waals surface area contributed by atoms with Crippen molar-refractivity contribution in [3.8, 4) is 5.75 Å². The third-order valence-electron chi connectivity index (χ3n) is 6.48. The van der Waals surface area contributed by atoms with Crippen LogP contribution in [0, 0.1) is 6.92 Å². The molecular formula is C26H26N4O5. The molecule has 0 fully saturated rings. The summed E-state index contributed by atoms with van der Waals surface area (Å²) in [4.78, 5) is 24.3. The van der Waals surface area contributed by atoms with Crippen LogP contribution in [0.2, 0.25) is 0 Å². The van der Waals surface area contributed by atoms with Gasteiger partial charge in [0.15, 0.2) is 5.71 Å². The van der Waals surface area contributed by atoms with Crippen molar-refractivity contribution in [2.75, 3.05) is 10.4 Å². The minimum atomic E-state index is -1.15. The van der Waals surface area contributed by atoms with Gasteiger partial charge in [-0.15, -0.1) is 0 Å². The summed E-state index contributed by atoms with van der Waals surface area (Å²) in [6, 6.07) is 9.43. The number of carbonyl (C=O) groups excluding carboxylic acids is 1. The van der Waals surface area contributed by atoms with E-state index >= 15 is 0 Å². The molecule has 0 saturated heterocycles. The highest BCUT2D eigenvalue weighted by Crippen LogP contribution is 2.40. The van der Waals surface area contributed by atoms with Gasteiger partial charge in [-0.2, -0.15) is 15.2 Å². The van der Waals surface area contributed by atoms with Gasteiger partial charge in [-0.3, -0.25) is 10.2 Å². The molecule has 5 rings (SSSR count). The number of aryl methyl sites for hydroxylation is 3. The summed E-state index contributed by atoms with van der Waals surface area (Å²) in [7, 11) is 0. The summed E-state index contributed by atoms with van der Waals surface area (Å²) in [5.41, 5.74) is 8.24. The second kappa shape index (κ2) is 8.90. The summed E-state index contributed by atoms with van der Waals surface area (Å²) in [5.74, 6) is -1.76. The number of nitrogens with zero attached hydrogens (tertiary/aromatic N) is 3. The number of ether oxygens (including phenoxy) is 1. The van der Waals surface area contributed by atoms with Crippen molar-refractivity contribution in [2.45, 2.75) is 52.1 Å². The molecule has 0 radical (unpaired) electrons. The van der Waals surface area contributed by atoms with Crippen molar-refractivity contribution in [3.63, 3.8) is 0 Å². The minimum Gasteiger partial charge on any atom is -0.505 e. The maximum atomic E-state index is 13.1. The Kier molecular flexibility index (Phi) is 5.76. The fraction of sp³-hybridized carbons (Fsp3) is 0.308. The summed E-state index contributed by atoms with van der Waals surface area (Å²) in [6.45, 7) is 3.55. The molecule has 0 spiro atoms. The van der Waals surface area contributed by atoms with Gasteiger partial charge in [-0.25, -0.2) is 4.79 Å². The number of anilines is 2. The Labute approximate surface area is 202 Å². The highest BCUT2D eigenvalue weighted by Gasteiger charge is 2.32. The largest absolute Gasteiger partial charge is 0.505 e. The molecule has 9 nitrogen and oxygen atoms in total. The van der Waals surface area contributed by atoms with Crippen molar-refractivity contribution in [2.24, 2.45) is 10.2 Å². The van der Waals surface area contributed by atoms with Crippen LogP contribution in [0.4, 0.5) is 11.4 Å². The molecule has 180 valence electrons. The van der Waals surface area contributed by atoms with Crippen molar-refractivity contribution < 1.29 is 24.5 Å². The van der Waals surface area contributed by atoms with Crippen LogP contribution >= 0.6 is 0 Å². The van der Waals surface area contributed by atoms with Crippen LogP contribution in [-0.4, -0.2) is 33.5 Å². The van der Waals surface area contributed by atoms with E-state index in [1.54, 1.807) is 19.1 Å². The van der Waals surface area contributed by atoms with E-state index in [0.29, 0.717) is 23.4 Å². The molecular weight excluding hydrogens is 448 g/mol. The van der Waals surface area contributed by atoms with Crippen LogP contribution in [0.15, 0.2) is 52.4 Å². The first-order valence-electron chi connectivity index (χ1n) is 11.6. The Morgan fingerprint density at radius 2 is 1.94 bits per heavy atom. The molecule has 2 aliphatic heterocycles. The first-order valence-corrected chi connectivity index (χ1v) is 11.6. The fourth-order valence-electron chi connectivity index (χ4n) is 4.70. The predicted octanol–water partition coefficient (Wildman–Crippen LogP) is 4.20. The van der Waals surface area contributed by atoms with Gasteiger partial charge in [-0.05, 0) is 86.6 Å². The van der Waals surface area contributed by atoms with Crippen LogP contribution in [-0.2, 0) is 27.2 Å². The monoisotopic (exact) mass is 474 g/mol. The van der Waals surface area contributed by atoms with Crippen LogP contribution in [0.25, 0.3) is 0 Å². The molecule has 35 heavy (non-hydrogen) atoms. The molecule has 2 aromatic rings. The number of nitrogens with one attached hydrogen (secondary N) is 1. The molecule has 2 heterocycles. The fourth-order valence-corrected chi connectivity index (χ4v) is 4.70. The number of amides is 1. The summed E-state index contributed by atoms with van der Waals surface area (Å²) < 4.78 is 5.47. The first kappa shape index (κ1) is 22.6. The number of hydrogen-bond acceptors (Lipinski definition) is 7. The molecule has 3 N–H and O–H groups in total. The predicted molar refractivity (Wildman–Crippen MR) is 132 cm³/mol. The number of hydrazone groups is 2. The second-order valence-electron chi connectivity index (χ2n) is 9.00. The third kappa shape index (κ3) is 4.25. The van der Waals surface area contributed by atoms with E-state index in [-0.39, 0.29) is 28.8 Å². The van der Waals surface area contributed by atoms with E-state index in [9.17, 15) is 14.7 Å². The van der Waals surface area contributed by atoms with Gasteiger partial charge in [0, 0.05) is 12.0 Å². The van der Waals surface area contributed by atoms with E-state index in [1.165, 1.54) is 28.6 Å². The molecule has 1 aliphatic carbocycles. The van der Waals surface area contributed by atoms with E-state index < -0.39 is 12.1 Å². The number of carboxylic acid groups (broad SMARTS) is 1. The van der Waals surface area contributed by atoms with Gasteiger partial charge in [0.2, 0.25) is 5.76 Å². The quantitative estimate of drug-likeness (QED) is 0.441. The number of aliphatic carboxylic acids is 1. The Balaban J connectivity index is 1.37. The first-order chi connectivity index (χ1) is 16.8. The number of benzene rings is 2. The molecule has 0 saturated carbocycles. The topological polar surface area (TPSA) is 124 Å². The van der Waals surface area contributed by atoms with Crippen LogP contribution in [0.1, 0.15) is 54.5 Å². The molecule has 0 bridgehead atoms. The lowest BCUT2D eigenvalue weighted by atomic mass is 9.91. The smallest absolute Gasteiger partial charge is 0.370 e.